The molecule has 82 valence electrons. The Morgan fingerprint density at radius 1 is 1.50 bits per heavy atom. The SMILES string of the molecule is CC1CN(C(=O)OCCO)CC(C)O1. The van der Waals surface area contributed by atoms with Crippen molar-refractivity contribution in [3.05, 3.63) is 0 Å². The third-order valence-corrected chi connectivity index (χ3v) is 1.99. The van der Waals surface area contributed by atoms with Crippen LogP contribution in [0.3, 0.4) is 0 Å². The lowest BCUT2D eigenvalue weighted by atomic mass is 10.2. The molecule has 0 bridgehead atoms. The van der Waals surface area contributed by atoms with Crippen LogP contribution in [0.5, 0.6) is 0 Å². The molecule has 0 saturated carbocycles. The molecule has 0 aromatic carbocycles. The Labute approximate surface area is 83.6 Å². The highest BCUT2D eigenvalue weighted by Crippen LogP contribution is 2.11. The van der Waals surface area contributed by atoms with E-state index < -0.39 is 0 Å². The molecule has 0 radical (unpaired) electrons. The molecule has 1 fully saturated rings. The summed E-state index contributed by atoms with van der Waals surface area (Å²) in [4.78, 5) is 13.0. The summed E-state index contributed by atoms with van der Waals surface area (Å²) in [6.45, 7) is 4.85. The number of ether oxygens (including phenoxy) is 2. The number of morpholine rings is 1. The normalized spacial score (nSPS) is 27.5. The third-order valence-electron chi connectivity index (χ3n) is 1.99. The predicted octanol–water partition coefficient (Wildman–Crippen LogP) is 0.224. The van der Waals surface area contributed by atoms with Gasteiger partial charge in [-0.05, 0) is 13.8 Å². The highest BCUT2D eigenvalue weighted by molar-refractivity contribution is 5.67. The monoisotopic (exact) mass is 203 g/mol. The fourth-order valence-electron chi connectivity index (χ4n) is 1.55. The molecule has 1 aliphatic heterocycles. The number of aliphatic hydroxyl groups is 1. The van der Waals surface area contributed by atoms with Gasteiger partial charge in [0.25, 0.3) is 0 Å². The predicted molar refractivity (Wildman–Crippen MR) is 50.0 cm³/mol. The van der Waals surface area contributed by atoms with Crippen LogP contribution in [0.25, 0.3) is 0 Å². The Kier molecular flexibility index (Phi) is 4.16. The quantitative estimate of drug-likeness (QED) is 0.697. The van der Waals surface area contributed by atoms with Crippen LogP contribution in [-0.2, 0) is 9.47 Å². The van der Waals surface area contributed by atoms with Gasteiger partial charge in [0.2, 0.25) is 0 Å². The zero-order chi connectivity index (χ0) is 10.6. The Morgan fingerprint density at radius 3 is 2.57 bits per heavy atom. The van der Waals surface area contributed by atoms with Crippen molar-refractivity contribution in [2.24, 2.45) is 0 Å². The molecule has 14 heavy (non-hydrogen) atoms. The second-order valence-electron chi connectivity index (χ2n) is 3.50. The molecule has 0 aliphatic carbocycles. The van der Waals surface area contributed by atoms with Gasteiger partial charge in [0.15, 0.2) is 0 Å². The first-order valence-electron chi connectivity index (χ1n) is 4.81. The van der Waals surface area contributed by atoms with Crippen molar-refractivity contribution < 1.29 is 19.4 Å². The maximum atomic E-state index is 11.4. The van der Waals surface area contributed by atoms with Gasteiger partial charge in [-0.1, -0.05) is 0 Å². The summed E-state index contributed by atoms with van der Waals surface area (Å²) in [5.74, 6) is 0. The maximum absolute atomic E-state index is 11.4. The molecule has 0 aromatic heterocycles. The van der Waals surface area contributed by atoms with Crippen molar-refractivity contribution in [2.75, 3.05) is 26.3 Å². The molecule has 5 heteroatoms. The van der Waals surface area contributed by atoms with E-state index in [0.717, 1.165) is 0 Å². The van der Waals surface area contributed by atoms with E-state index in [1.165, 1.54) is 0 Å². The molecule has 1 amide bonds. The summed E-state index contributed by atoms with van der Waals surface area (Å²) in [5.41, 5.74) is 0. The molecule has 2 atom stereocenters. The van der Waals surface area contributed by atoms with Crippen LogP contribution in [0, 0.1) is 0 Å². The zero-order valence-electron chi connectivity index (χ0n) is 8.60. The Bertz CT molecular complexity index is 187. The highest BCUT2D eigenvalue weighted by atomic mass is 16.6. The third kappa shape index (κ3) is 3.16. The van der Waals surface area contributed by atoms with Gasteiger partial charge < -0.3 is 19.5 Å². The molecule has 0 spiro atoms. The van der Waals surface area contributed by atoms with Crippen molar-refractivity contribution in [1.82, 2.24) is 4.90 Å². The van der Waals surface area contributed by atoms with E-state index in [9.17, 15) is 4.79 Å². The molecule has 1 saturated heterocycles. The fraction of sp³-hybridized carbons (Fsp3) is 0.889. The average molecular weight is 203 g/mol. The minimum Gasteiger partial charge on any atom is -0.447 e. The van der Waals surface area contributed by atoms with E-state index in [4.69, 9.17) is 14.6 Å². The fourth-order valence-corrected chi connectivity index (χ4v) is 1.55. The Morgan fingerprint density at radius 2 is 2.07 bits per heavy atom. The topological polar surface area (TPSA) is 59.0 Å². The lowest BCUT2D eigenvalue weighted by Gasteiger charge is -2.34. The number of hydrogen-bond acceptors (Lipinski definition) is 4. The van der Waals surface area contributed by atoms with Crippen molar-refractivity contribution in [3.63, 3.8) is 0 Å². The van der Waals surface area contributed by atoms with E-state index in [1.807, 2.05) is 13.8 Å². The van der Waals surface area contributed by atoms with E-state index in [1.54, 1.807) is 4.90 Å². The van der Waals surface area contributed by atoms with Gasteiger partial charge in [0, 0.05) is 0 Å². The van der Waals surface area contributed by atoms with Gasteiger partial charge in [-0.25, -0.2) is 4.79 Å². The van der Waals surface area contributed by atoms with Crippen LogP contribution in [0.1, 0.15) is 13.8 Å². The van der Waals surface area contributed by atoms with E-state index in [-0.39, 0.29) is 31.5 Å². The first-order chi connectivity index (χ1) is 6.63. The Hall–Kier alpha value is -0.810. The maximum Gasteiger partial charge on any atom is 0.410 e. The van der Waals surface area contributed by atoms with Gasteiger partial charge in [-0.2, -0.15) is 0 Å². The first-order valence-corrected chi connectivity index (χ1v) is 4.81. The number of carbonyl (C=O) groups excluding carboxylic acids is 1. The van der Waals surface area contributed by atoms with Gasteiger partial charge >= 0.3 is 6.09 Å². The van der Waals surface area contributed by atoms with Crippen molar-refractivity contribution >= 4 is 6.09 Å². The van der Waals surface area contributed by atoms with Gasteiger partial charge in [0.05, 0.1) is 31.9 Å². The van der Waals surface area contributed by atoms with Crippen molar-refractivity contribution in [1.29, 1.82) is 0 Å². The molecule has 1 heterocycles. The highest BCUT2D eigenvalue weighted by Gasteiger charge is 2.26. The minimum absolute atomic E-state index is 0.0421. The van der Waals surface area contributed by atoms with Crippen LogP contribution < -0.4 is 0 Å². The first kappa shape index (κ1) is 11.3. The van der Waals surface area contributed by atoms with Crippen LogP contribution >= 0.6 is 0 Å². The van der Waals surface area contributed by atoms with Gasteiger partial charge in [-0.3, -0.25) is 0 Å². The molecule has 1 N–H and O–H groups in total. The second-order valence-corrected chi connectivity index (χ2v) is 3.50. The zero-order valence-corrected chi connectivity index (χ0v) is 8.60. The van der Waals surface area contributed by atoms with E-state index >= 15 is 0 Å². The van der Waals surface area contributed by atoms with E-state index in [2.05, 4.69) is 0 Å². The van der Waals surface area contributed by atoms with Crippen molar-refractivity contribution in [2.45, 2.75) is 26.1 Å². The molecular weight excluding hydrogens is 186 g/mol. The second kappa shape index (κ2) is 5.17. The van der Waals surface area contributed by atoms with Crippen LogP contribution in [0.2, 0.25) is 0 Å². The summed E-state index contributed by atoms with van der Waals surface area (Å²) in [6, 6.07) is 0. The summed E-state index contributed by atoms with van der Waals surface area (Å²) in [6.07, 6.45) is -0.290. The summed E-state index contributed by atoms with van der Waals surface area (Å²) < 4.78 is 10.3. The molecule has 1 aliphatic rings. The number of carbonyl (C=O) groups is 1. The molecule has 1 rings (SSSR count). The van der Waals surface area contributed by atoms with Crippen LogP contribution in [0.4, 0.5) is 4.79 Å². The van der Waals surface area contributed by atoms with Gasteiger partial charge in [0.1, 0.15) is 6.61 Å². The van der Waals surface area contributed by atoms with Crippen molar-refractivity contribution in [3.8, 4) is 0 Å². The van der Waals surface area contributed by atoms with Crippen LogP contribution in [0.15, 0.2) is 0 Å². The number of aliphatic hydroxyl groups excluding tert-OH is 1. The molecule has 0 aromatic rings. The largest absolute Gasteiger partial charge is 0.447 e. The lowest BCUT2D eigenvalue weighted by molar-refractivity contribution is -0.0645. The molecule has 2 unspecified atom stereocenters. The number of nitrogens with zero attached hydrogens (tertiary/aromatic N) is 1. The molecule has 5 nitrogen and oxygen atoms in total. The number of rotatable bonds is 2. The Balaban J connectivity index is 2.38. The summed E-state index contributed by atoms with van der Waals surface area (Å²) in [5, 5.41) is 8.50. The summed E-state index contributed by atoms with van der Waals surface area (Å²) >= 11 is 0. The standard InChI is InChI=1S/C9H17NO4/c1-7-5-10(6-8(2)14-7)9(12)13-4-3-11/h7-8,11H,3-6H2,1-2H3. The van der Waals surface area contributed by atoms with E-state index in [0.29, 0.717) is 13.1 Å². The van der Waals surface area contributed by atoms with Crippen LogP contribution in [-0.4, -0.2) is 54.6 Å². The lowest BCUT2D eigenvalue weighted by Crippen LogP contribution is -2.48. The average Bonchev–Trinajstić information content (AvgIpc) is 2.12. The smallest absolute Gasteiger partial charge is 0.410 e. The number of amides is 1. The minimum atomic E-state index is -0.374. The molecular formula is C9H17NO4. The number of hydrogen-bond donors (Lipinski definition) is 1. The van der Waals surface area contributed by atoms with Gasteiger partial charge in [-0.15, -0.1) is 0 Å². The summed E-state index contributed by atoms with van der Waals surface area (Å²) in [7, 11) is 0.